The van der Waals surface area contributed by atoms with Crippen molar-refractivity contribution in [3.63, 3.8) is 0 Å². The van der Waals surface area contributed by atoms with E-state index in [1.807, 2.05) is 23.5 Å². The van der Waals surface area contributed by atoms with Crippen LogP contribution in [0.3, 0.4) is 0 Å². The maximum absolute atomic E-state index is 6.58. The van der Waals surface area contributed by atoms with E-state index in [4.69, 9.17) is 11.6 Å². The normalized spacial score (nSPS) is 11.9. The lowest BCUT2D eigenvalue weighted by atomic mass is 10.1. The van der Waals surface area contributed by atoms with Crippen LogP contribution in [-0.2, 0) is 0 Å². The van der Waals surface area contributed by atoms with E-state index in [1.54, 1.807) is 0 Å². The first-order chi connectivity index (χ1) is 13.3. The van der Waals surface area contributed by atoms with Crippen molar-refractivity contribution in [2.45, 2.75) is 0 Å². The van der Waals surface area contributed by atoms with Gasteiger partial charge >= 0.3 is 0 Å². The molecule has 0 saturated carbocycles. The van der Waals surface area contributed by atoms with Crippen LogP contribution in [0, 0.1) is 0 Å². The summed E-state index contributed by atoms with van der Waals surface area (Å²) in [6, 6.07) is 30.0. The molecule has 0 amide bonds. The average molecular weight is 384 g/mol. The number of rotatable bonds is 1. The molecule has 0 radical (unpaired) electrons. The largest absolute Gasteiger partial charge is 0.309 e. The molecule has 0 fully saturated rings. The van der Waals surface area contributed by atoms with Gasteiger partial charge in [-0.3, -0.25) is 0 Å². The smallest absolute Gasteiger partial charge is 0.0556 e. The van der Waals surface area contributed by atoms with E-state index in [0.717, 1.165) is 15.9 Å². The molecule has 6 aromatic rings. The summed E-state index contributed by atoms with van der Waals surface area (Å²) in [5.41, 5.74) is 3.49. The van der Waals surface area contributed by atoms with E-state index in [1.165, 1.54) is 36.8 Å². The third-order valence-electron chi connectivity index (χ3n) is 5.27. The van der Waals surface area contributed by atoms with Crippen LogP contribution in [-0.4, -0.2) is 4.57 Å². The minimum atomic E-state index is 0.796. The Hall–Kier alpha value is -2.81. The zero-order chi connectivity index (χ0) is 18.0. The van der Waals surface area contributed by atoms with Gasteiger partial charge < -0.3 is 4.57 Å². The van der Waals surface area contributed by atoms with Crippen LogP contribution in [0.15, 0.2) is 84.9 Å². The zero-order valence-electron chi connectivity index (χ0n) is 14.3. The van der Waals surface area contributed by atoms with Crippen LogP contribution < -0.4 is 0 Å². The van der Waals surface area contributed by atoms with Crippen LogP contribution in [0.4, 0.5) is 0 Å². The fourth-order valence-corrected chi connectivity index (χ4v) is 5.46. The highest BCUT2D eigenvalue weighted by Gasteiger charge is 2.15. The molecule has 0 atom stereocenters. The minimum absolute atomic E-state index is 0.796. The fourth-order valence-electron chi connectivity index (χ4n) is 4.11. The van der Waals surface area contributed by atoms with Gasteiger partial charge in [-0.05, 0) is 42.5 Å². The summed E-state index contributed by atoms with van der Waals surface area (Å²) in [6.45, 7) is 0. The van der Waals surface area contributed by atoms with Crippen molar-refractivity contribution in [1.29, 1.82) is 0 Å². The molecule has 0 N–H and O–H groups in total. The molecule has 6 rings (SSSR count). The molecule has 27 heavy (non-hydrogen) atoms. The van der Waals surface area contributed by atoms with Crippen molar-refractivity contribution in [3.8, 4) is 5.69 Å². The van der Waals surface area contributed by atoms with Gasteiger partial charge in [0.25, 0.3) is 0 Å². The number of nitrogens with zero attached hydrogens (tertiary/aromatic N) is 1. The lowest BCUT2D eigenvalue weighted by Crippen LogP contribution is -1.93. The lowest BCUT2D eigenvalue weighted by Gasteiger charge is -2.08. The van der Waals surface area contributed by atoms with E-state index < -0.39 is 0 Å². The summed E-state index contributed by atoms with van der Waals surface area (Å²) in [5.74, 6) is 0. The quantitative estimate of drug-likeness (QED) is 0.273. The number of aromatic nitrogens is 1. The number of halogens is 1. The van der Waals surface area contributed by atoms with Gasteiger partial charge in [0.2, 0.25) is 0 Å². The monoisotopic (exact) mass is 383 g/mol. The standard InChI is InChI=1S/C24H14ClNS/c25-19-8-5-10-21-24(19)17-7-1-3-9-20(17)26(21)15-12-13-23-18(14-15)16-6-2-4-11-22(16)27-23/h1-14H. The Labute approximate surface area is 165 Å². The summed E-state index contributed by atoms with van der Waals surface area (Å²) in [4.78, 5) is 0. The Bertz CT molecular complexity index is 1490. The molecule has 2 aromatic heterocycles. The third kappa shape index (κ3) is 2.11. The molecule has 0 saturated heterocycles. The minimum Gasteiger partial charge on any atom is -0.309 e. The molecule has 0 aliphatic rings. The lowest BCUT2D eigenvalue weighted by molar-refractivity contribution is 1.19. The molecule has 1 nitrogen and oxygen atoms in total. The zero-order valence-corrected chi connectivity index (χ0v) is 15.9. The van der Waals surface area contributed by atoms with E-state index >= 15 is 0 Å². The second kappa shape index (κ2) is 5.59. The molecular formula is C24H14ClNS. The molecule has 0 unspecified atom stereocenters. The van der Waals surface area contributed by atoms with E-state index in [2.05, 4.69) is 77.4 Å². The SMILES string of the molecule is Clc1cccc2c1c1ccccc1n2-c1ccc2sc3ccccc3c2c1. The number of para-hydroxylation sites is 1. The Morgan fingerprint density at radius 1 is 0.630 bits per heavy atom. The maximum atomic E-state index is 6.58. The molecule has 0 bridgehead atoms. The summed E-state index contributed by atoms with van der Waals surface area (Å²) in [6.07, 6.45) is 0. The summed E-state index contributed by atoms with van der Waals surface area (Å²) < 4.78 is 4.97. The first-order valence-electron chi connectivity index (χ1n) is 8.90. The Morgan fingerprint density at radius 3 is 2.30 bits per heavy atom. The molecule has 128 valence electrons. The molecule has 0 aliphatic heterocycles. The Balaban J connectivity index is 1.77. The summed E-state index contributed by atoms with van der Waals surface area (Å²) >= 11 is 8.43. The van der Waals surface area contributed by atoms with Gasteiger partial charge in [-0.25, -0.2) is 0 Å². The fraction of sp³-hybridized carbons (Fsp3) is 0. The maximum Gasteiger partial charge on any atom is 0.0556 e. The summed E-state index contributed by atoms with van der Waals surface area (Å²) in [5, 5.41) is 5.72. The molecular weight excluding hydrogens is 370 g/mol. The average Bonchev–Trinajstić information content (AvgIpc) is 3.24. The number of fused-ring (bicyclic) bond motifs is 6. The van der Waals surface area contributed by atoms with Crippen molar-refractivity contribution in [2.75, 3.05) is 0 Å². The number of thiophene rings is 1. The molecule has 2 heterocycles. The second-order valence-electron chi connectivity index (χ2n) is 6.77. The molecule has 0 aliphatic carbocycles. The predicted molar refractivity (Wildman–Crippen MR) is 119 cm³/mol. The highest BCUT2D eigenvalue weighted by atomic mass is 35.5. The Morgan fingerprint density at radius 2 is 1.37 bits per heavy atom. The van der Waals surface area contributed by atoms with Gasteiger partial charge in [0.1, 0.15) is 0 Å². The van der Waals surface area contributed by atoms with Gasteiger partial charge in [-0.15, -0.1) is 11.3 Å². The summed E-state index contributed by atoms with van der Waals surface area (Å²) in [7, 11) is 0. The first-order valence-corrected chi connectivity index (χ1v) is 10.1. The van der Waals surface area contributed by atoms with E-state index in [0.29, 0.717) is 0 Å². The third-order valence-corrected chi connectivity index (χ3v) is 6.73. The van der Waals surface area contributed by atoms with Crippen molar-refractivity contribution >= 4 is 64.9 Å². The van der Waals surface area contributed by atoms with Crippen molar-refractivity contribution < 1.29 is 0 Å². The van der Waals surface area contributed by atoms with Gasteiger partial charge in [0, 0.05) is 36.6 Å². The molecule has 0 spiro atoms. The Kier molecular flexibility index (Phi) is 3.16. The highest BCUT2D eigenvalue weighted by molar-refractivity contribution is 7.25. The first kappa shape index (κ1) is 15.3. The molecule has 3 heteroatoms. The van der Waals surface area contributed by atoms with Crippen LogP contribution in [0.25, 0.3) is 47.7 Å². The van der Waals surface area contributed by atoms with Crippen molar-refractivity contribution in [3.05, 3.63) is 90.0 Å². The second-order valence-corrected chi connectivity index (χ2v) is 8.26. The van der Waals surface area contributed by atoms with Gasteiger partial charge in [0.15, 0.2) is 0 Å². The molecule has 4 aromatic carbocycles. The number of hydrogen-bond acceptors (Lipinski definition) is 1. The highest BCUT2D eigenvalue weighted by Crippen LogP contribution is 2.39. The number of benzene rings is 4. The van der Waals surface area contributed by atoms with Crippen molar-refractivity contribution in [1.82, 2.24) is 4.57 Å². The van der Waals surface area contributed by atoms with E-state index in [-0.39, 0.29) is 0 Å². The topological polar surface area (TPSA) is 4.93 Å². The van der Waals surface area contributed by atoms with Gasteiger partial charge in [0.05, 0.1) is 16.1 Å². The van der Waals surface area contributed by atoms with Crippen LogP contribution >= 0.6 is 22.9 Å². The van der Waals surface area contributed by atoms with E-state index in [9.17, 15) is 0 Å². The van der Waals surface area contributed by atoms with Crippen LogP contribution in [0.1, 0.15) is 0 Å². The van der Waals surface area contributed by atoms with Crippen LogP contribution in [0.2, 0.25) is 5.02 Å². The van der Waals surface area contributed by atoms with Gasteiger partial charge in [-0.1, -0.05) is 54.1 Å². The number of hydrogen-bond donors (Lipinski definition) is 0. The predicted octanol–water partition coefficient (Wildman–Crippen LogP) is 7.81. The van der Waals surface area contributed by atoms with Crippen molar-refractivity contribution in [2.24, 2.45) is 0 Å². The van der Waals surface area contributed by atoms with Gasteiger partial charge in [-0.2, -0.15) is 0 Å². The van der Waals surface area contributed by atoms with Crippen LogP contribution in [0.5, 0.6) is 0 Å².